The van der Waals surface area contributed by atoms with Gasteiger partial charge in [0.15, 0.2) is 0 Å². The average molecular weight is 272 g/mol. The van der Waals surface area contributed by atoms with Crippen molar-refractivity contribution in [2.24, 2.45) is 0 Å². The number of amides is 1. The molecule has 0 radical (unpaired) electrons. The Bertz CT molecular complexity index is 331. The third-order valence-electron chi connectivity index (χ3n) is 2.44. The molecule has 0 aromatic heterocycles. The number of carbonyl (C=O) groups is 1. The van der Waals surface area contributed by atoms with Crippen molar-refractivity contribution in [3.05, 3.63) is 35.9 Å². The fraction of sp³-hybridized carbons (Fsp3) is 0.462. The lowest BCUT2D eigenvalue weighted by atomic mass is 10.2. The van der Waals surface area contributed by atoms with Gasteiger partial charge in [0.25, 0.3) is 0 Å². The van der Waals surface area contributed by atoms with Crippen molar-refractivity contribution in [2.75, 3.05) is 24.4 Å². The molecule has 1 rings (SSSR count). The van der Waals surface area contributed by atoms with Crippen LogP contribution in [0.5, 0.6) is 0 Å². The smallest absolute Gasteiger partial charge is 0.223 e. The molecular weight excluding hydrogens is 254 g/mol. The minimum Gasteiger partial charge on any atom is -0.337 e. The molecule has 0 atom stereocenters. The van der Waals surface area contributed by atoms with Crippen LogP contribution in [-0.2, 0) is 11.3 Å². The first-order chi connectivity index (χ1) is 8.27. The number of benzene rings is 1. The molecule has 0 bridgehead atoms. The van der Waals surface area contributed by atoms with Gasteiger partial charge in [0, 0.05) is 31.1 Å². The second-order valence-electron chi connectivity index (χ2n) is 3.73. The van der Waals surface area contributed by atoms with Gasteiger partial charge in [-0.2, -0.15) is 11.8 Å². The predicted molar refractivity (Wildman–Crippen MR) is 75.6 cm³/mol. The standard InChI is InChI=1S/C13H18ClNOS/c1-17-10-7-13(16)15(9-8-14)11-12-5-3-2-4-6-12/h2-6H,7-11H2,1H3. The van der Waals surface area contributed by atoms with Crippen molar-refractivity contribution in [1.82, 2.24) is 4.90 Å². The van der Waals surface area contributed by atoms with Crippen LogP contribution in [0.1, 0.15) is 12.0 Å². The molecule has 0 unspecified atom stereocenters. The number of rotatable bonds is 7. The van der Waals surface area contributed by atoms with Gasteiger partial charge in [-0.1, -0.05) is 30.3 Å². The van der Waals surface area contributed by atoms with Crippen LogP contribution in [0, 0.1) is 0 Å². The van der Waals surface area contributed by atoms with Crippen molar-refractivity contribution < 1.29 is 4.79 Å². The summed E-state index contributed by atoms with van der Waals surface area (Å²) in [5.74, 6) is 1.54. The highest BCUT2D eigenvalue weighted by atomic mass is 35.5. The zero-order valence-electron chi connectivity index (χ0n) is 10.1. The Labute approximate surface area is 112 Å². The van der Waals surface area contributed by atoms with Crippen LogP contribution in [0.15, 0.2) is 30.3 Å². The van der Waals surface area contributed by atoms with Gasteiger partial charge in [0.2, 0.25) is 5.91 Å². The largest absolute Gasteiger partial charge is 0.337 e. The summed E-state index contributed by atoms with van der Waals surface area (Å²) in [6, 6.07) is 10.0. The monoisotopic (exact) mass is 271 g/mol. The molecule has 0 saturated carbocycles. The van der Waals surface area contributed by atoms with Crippen molar-refractivity contribution in [1.29, 1.82) is 0 Å². The number of hydrogen-bond donors (Lipinski definition) is 0. The summed E-state index contributed by atoms with van der Waals surface area (Å²) in [4.78, 5) is 13.8. The van der Waals surface area contributed by atoms with Gasteiger partial charge in [-0.15, -0.1) is 11.6 Å². The number of halogens is 1. The maximum atomic E-state index is 12.0. The molecule has 4 heteroatoms. The summed E-state index contributed by atoms with van der Waals surface area (Å²) in [5, 5.41) is 0. The summed E-state index contributed by atoms with van der Waals surface area (Å²) < 4.78 is 0. The van der Waals surface area contributed by atoms with Crippen LogP contribution < -0.4 is 0 Å². The first-order valence-electron chi connectivity index (χ1n) is 5.64. The van der Waals surface area contributed by atoms with E-state index in [1.165, 1.54) is 0 Å². The highest BCUT2D eigenvalue weighted by Crippen LogP contribution is 2.08. The van der Waals surface area contributed by atoms with Crippen molar-refractivity contribution >= 4 is 29.3 Å². The topological polar surface area (TPSA) is 20.3 Å². The zero-order valence-corrected chi connectivity index (χ0v) is 11.6. The molecule has 0 N–H and O–H groups in total. The number of hydrogen-bond acceptors (Lipinski definition) is 2. The zero-order chi connectivity index (χ0) is 12.5. The molecule has 0 heterocycles. The van der Waals surface area contributed by atoms with Gasteiger partial charge in [-0.05, 0) is 11.8 Å². The molecule has 1 aromatic rings. The molecule has 17 heavy (non-hydrogen) atoms. The molecule has 94 valence electrons. The van der Waals surface area contributed by atoms with Gasteiger partial charge in [-0.25, -0.2) is 0 Å². The van der Waals surface area contributed by atoms with E-state index in [4.69, 9.17) is 11.6 Å². The van der Waals surface area contributed by atoms with E-state index in [0.717, 1.165) is 11.3 Å². The summed E-state index contributed by atoms with van der Waals surface area (Å²) >= 11 is 7.43. The minimum absolute atomic E-state index is 0.184. The lowest BCUT2D eigenvalue weighted by Gasteiger charge is -2.21. The molecule has 0 spiro atoms. The van der Waals surface area contributed by atoms with E-state index in [1.807, 2.05) is 41.5 Å². The van der Waals surface area contributed by atoms with E-state index in [9.17, 15) is 4.79 Å². The maximum absolute atomic E-state index is 12.0. The quantitative estimate of drug-likeness (QED) is 0.711. The summed E-state index contributed by atoms with van der Waals surface area (Å²) in [7, 11) is 0. The number of carbonyl (C=O) groups excluding carboxylic acids is 1. The van der Waals surface area contributed by atoms with Crippen molar-refractivity contribution in [2.45, 2.75) is 13.0 Å². The fourth-order valence-corrected chi connectivity index (χ4v) is 2.13. The number of alkyl halides is 1. The Morgan fingerprint density at radius 1 is 1.35 bits per heavy atom. The lowest BCUT2D eigenvalue weighted by molar-refractivity contribution is -0.131. The van der Waals surface area contributed by atoms with E-state index in [1.54, 1.807) is 11.8 Å². The van der Waals surface area contributed by atoms with Crippen molar-refractivity contribution in [3.63, 3.8) is 0 Å². The average Bonchev–Trinajstić information content (AvgIpc) is 2.36. The Kier molecular flexibility index (Phi) is 7.13. The number of nitrogens with zero attached hydrogens (tertiary/aromatic N) is 1. The Hall–Kier alpha value is -0.670. The SMILES string of the molecule is CSCCC(=O)N(CCCl)Cc1ccccc1. The number of thioether (sulfide) groups is 1. The fourth-order valence-electron chi connectivity index (χ4n) is 1.55. The molecule has 0 aliphatic rings. The van der Waals surface area contributed by atoms with Crippen LogP contribution in [0.2, 0.25) is 0 Å². The van der Waals surface area contributed by atoms with Gasteiger partial charge in [0.05, 0.1) is 0 Å². The minimum atomic E-state index is 0.184. The molecule has 1 aromatic carbocycles. The third kappa shape index (κ3) is 5.46. The Morgan fingerprint density at radius 3 is 2.65 bits per heavy atom. The van der Waals surface area contributed by atoms with Gasteiger partial charge in [0.1, 0.15) is 0 Å². The van der Waals surface area contributed by atoms with Crippen LogP contribution in [0.25, 0.3) is 0 Å². The third-order valence-corrected chi connectivity index (χ3v) is 3.22. The Morgan fingerprint density at radius 2 is 2.06 bits per heavy atom. The van der Waals surface area contributed by atoms with Gasteiger partial charge < -0.3 is 4.90 Å². The van der Waals surface area contributed by atoms with E-state index in [2.05, 4.69) is 0 Å². The van der Waals surface area contributed by atoms with Crippen molar-refractivity contribution in [3.8, 4) is 0 Å². The first-order valence-corrected chi connectivity index (χ1v) is 7.57. The molecular formula is C13H18ClNOS. The van der Waals surface area contributed by atoms with E-state index in [0.29, 0.717) is 25.4 Å². The maximum Gasteiger partial charge on any atom is 0.223 e. The molecule has 0 fully saturated rings. The summed E-state index contributed by atoms with van der Waals surface area (Å²) in [6.45, 7) is 1.27. The van der Waals surface area contributed by atoms with Crippen LogP contribution in [0.3, 0.4) is 0 Å². The second-order valence-corrected chi connectivity index (χ2v) is 5.10. The van der Waals surface area contributed by atoms with Gasteiger partial charge >= 0.3 is 0 Å². The predicted octanol–water partition coefficient (Wildman–Crippen LogP) is 3.01. The Balaban J connectivity index is 2.56. The molecule has 0 saturated heterocycles. The molecule has 1 amide bonds. The molecule has 2 nitrogen and oxygen atoms in total. The highest BCUT2D eigenvalue weighted by molar-refractivity contribution is 7.98. The molecule has 0 aliphatic carbocycles. The van der Waals surface area contributed by atoms with Crippen LogP contribution >= 0.6 is 23.4 Å². The molecule has 0 aliphatic heterocycles. The van der Waals surface area contributed by atoms with Gasteiger partial charge in [-0.3, -0.25) is 4.79 Å². The summed E-state index contributed by atoms with van der Waals surface area (Å²) in [6.07, 6.45) is 2.60. The van der Waals surface area contributed by atoms with E-state index < -0.39 is 0 Å². The van der Waals surface area contributed by atoms with E-state index in [-0.39, 0.29) is 5.91 Å². The lowest BCUT2D eigenvalue weighted by Crippen LogP contribution is -2.32. The highest BCUT2D eigenvalue weighted by Gasteiger charge is 2.12. The van der Waals surface area contributed by atoms with Crippen LogP contribution in [0.4, 0.5) is 0 Å². The van der Waals surface area contributed by atoms with E-state index >= 15 is 0 Å². The second kappa shape index (κ2) is 8.43. The summed E-state index contributed by atoms with van der Waals surface area (Å²) in [5.41, 5.74) is 1.15. The van der Waals surface area contributed by atoms with Crippen LogP contribution in [-0.4, -0.2) is 35.2 Å². The normalized spacial score (nSPS) is 10.2. The first kappa shape index (κ1) is 14.4.